The smallest absolute Gasteiger partial charge is 0.407 e. The number of nitrogens with one attached hydrogen (secondary N) is 1. The summed E-state index contributed by atoms with van der Waals surface area (Å²) in [4.78, 5) is 37.2. The largest absolute Gasteiger partial charge is 0.481 e. The van der Waals surface area contributed by atoms with Crippen LogP contribution >= 0.6 is 0 Å². The van der Waals surface area contributed by atoms with E-state index in [-0.39, 0.29) is 37.8 Å². The summed E-state index contributed by atoms with van der Waals surface area (Å²) >= 11 is 0. The molecule has 1 aliphatic rings. The molecule has 0 spiro atoms. The lowest BCUT2D eigenvalue weighted by molar-refractivity contribution is -0.138. The molecule has 0 saturated carbocycles. The molecule has 8 heteroatoms. The van der Waals surface area contributed by atoms with Crippen molar-refractivity contribution < 1.29 is 29.0 Å². The number of methoxy groups -OCH3 is 1. The molecular weight excluding hydrogens is 436 g/mol. The van der Waals surface area contributed by atoms with Crippen LogP contribution in [0, 0.1) is 0 Å². The van der Waals surface area contributed by atoms with E-state index in [0.717, 1.165) is 22.3 Å². The number of amides is 2. The summed E-state index contributed by atoms with van der Waals surface area (Å²) in [5.74, 6) is -1.05. The molecule has 0 saturated heterocycles. The number of aliphatic carboxylic acids is 1. The maximum absolute atomic E-state index is 12.6. The summed E-state index contributed by atoms with van der Waals surface area (Å²) in [6, 6.07) is 16.3. The number of nitrogens with zero attached hydrogens (tertiary/aromatic N) is 1. The molecule has 8 nitrogen and oxygen atoms in total. The Hall–Kier alpha value is -3.39. The Bertz CT molecular complexity index is 963. The first-order chi connectivity index (χ1) is 16.4. The van der Waals surface area contributed by atoms with Gasteiger partial charge in [0.1, 0.15) is 6.61 Å². The summed E-state index contributed by atoms with van der Waals surface area (Å²) in [6.07, 6.45) is -0.585. The first-order valence-electron chi connectivity index (χ1n) is 11.6. The number of carboxylic acid groups (broad SMARTS) is 1. The second-order valence-electron chi connectivity index (χ2n) is 8.24. The SMILES string of the molecule is CCN(CCCC(=O)O)C(=O)CC(CNC(=O)OCC1c2ccccc2-c2ccccc21)OC. The number of carbonyl (C=O) groups excluding carboxylic acids is 2. The van der Waals surface area contributed by atoms with Crippen LogP contribution < -0.4 is 5.32 Å². The number of alkyl carbamates (subject to hydrolysis) is 1. The molecule has 1 atom stereocenters. The predicted octanol–water partition coefficient (Wildman–Crippen LogP) is 3.64. The Morgan fingerprint density at radius 2 is 1.68 bits per heavy atom. The van der Waals surface area contributed by atoms with E-state index in [4.69, 9.17) is 14.6 Å². The molecule has 2 aromatic rings. The van der Waals surface area contributed by atoms with Gasteiger partial charge >= 0.3 is 12.1 Å². The molecule has 2 aromatic carbocycles. The van der Waals surface area contributed by atoms with Crippen molar-refractivity contribution in [2.24, 2.45) is 0 Å². The molecule has 1 aliphatic carbocycles. The Kier molecular flexibility index (Phi) is 9.04. The molecule has 1 unspecified atom stereocenters. The van der Waals surface area contributed by atoms with Gasteiger partial charge < -0.3 is 24.8 Å². The van der Waals surface area contributed by atoms with Crippen LogP contribution in [0.1, 0.15) is 43.2 Å². The highest BCUT2D eigenvalue weighted by Crippen LogP contribution is 2.44. The van der Waals surface area contributed by atoms with Gasteiger partial charge in [-0.3, -0.25) is 9.59 Å². The Balaban J connectivity index is 1.48. The van der Waals surface area contributed by atoms with Crippen molar-refractivity contribution >= 4 is 18.0 Å². The minimum atomic E-state index is -0.884. The van der Waals surface area contributed by atoms with E-state index < -0.39 is 18.2 Å². The third-order valence-electron chi connectivity index (χ3n) is 6.11. The second kappa shape index (κ2) is 12.2. The molecule has 2 amide bonds. The van der Waals surface area contributed by atoms with Crippen LogP contribution in [0.2, 0.25) is 0 Å². The van der Waals surface area contributed by atoms with Crippen LogP contribution in [0.3, 0.4) is 0 Å². The molecule has 0 aromatic heterocycles. The fraction of sp³-hybridized carbons (Fsp3) is 0.423. The lowest BCUT2D eigenvalue weighted by Gasteiger charge is -2.23. The van der Waals surface area contributed by atoms with Crippen LogP contribution in [0.5, 0.6) is 0 Å². The summed E-state index contributed by atoms with van der Waals surface area (Å²) in [5, 5.41) is 11.5. The van der Waals surface area contributed by atoms with E-state index in [0.29, 0.717) is 19.5 Å². The highest BCUT2D eigenvalue weighted by Gasteiger charge is 2.29. The van der Waals surface area contributed by atoms with Crippen LogP contribution in [0.4, 0.5) is 4.79 Å². The number of hydrogen-bond acceptors (Lipinski definition) is 5. The van der Waals surface area contributed by atoms with Gasteiger partial charge in [0.05, 0.1) is 12.5 Å². The number of benzene rings is 2. The van der Waals surface area contributed by atoms with Crippen molar-refractivity contribution in [3.05, 3.63) is 59.7 Å². The lowest BCUT2D eigenvalue weighted by Crippen LogP contribution is -2.39. The summed E-state index contributed by atoms with van der Waals surface area (Å²) in [6.45, 7) is 3.04. The normalized spacial score (nSPS) is 13.0. The molecule has 34 heavy (non-hydrogen) atoms. The fourth-order valence-electron chi connectivity index (χ4n) is 4.29. The highest BCUT2D eigenvalue weighted by molar-refractivity contribution is 5.79. The molecule has 182 valence electrons. The van der Waals surface area contributed by atoms with Crippen molar-refractivity contribution in [1.82, 2.24) is 10.2 Å². The number of carboxylic acids is 1. The quantitative estimate of drug-likeness (QED) is 0.493. The molecule has 0 radical (unpaired) electrons. The molecule has 0 fully saturated rings. The third-order valence-corrected chi connectivity index (χ3v) is 6.11. The topological polar surface area (TPSA) is 105 Å². The van der Waals surface area contributed by atoms with Crippen molar-refractivity contribution in [1.29, 1.82) is 0 Å². The van der Waals surface area contributed by atoms with Crippen molar-refractivity contribution in [3.63, 3.8) is 0 Å². The van der Waals surface area contributed by atoms with Crippen LogP contribution in [0.25, 0.3) is 11.1 Å². The average molecular weight is 469 g/mol. The number of ether oxygens (including phenoxy) is 2. The first kappa shape index (κ1) is 25.2. The highest BCUT2D eigenvalue weighted by atomic mass is 16.5. The van der Waals surface area contributed by atoms with Gasteiger partial charge in [0.15, 0.2) is 0 Å². The van der Waals surface area contributed by atoms with Gasteiger partial charge in [-0.15, -0.1) is 0 Å². The third kappa shape index (κ3) is 6.35. The standard InChI is InChI=1S/C26H32N2O6/c1-3-28(14-8-13-25(30)31)24(29)15-18(33-2)16-27-26(32)34-17-23-21-11-6-4-9-19(21)20-10-5-7-12-22(20)23/h4-7,9-12,18,23H,3,8,13-17H2,1-2H3,(H,27,32)(H,30,31). The zero-order chi connectivity index (χ0) is 24.5. The minimum Gasteiger partial charge on any atom is -0.481 e. The molecule has 0 bridgehead atoms. The molecule has 3 rings (SSSR count). The van der Waals surface area contributed by atoms with Crippen molar-refractivity contribution in [2.75, 3.05) is 33.4 Å². The zero-order valence-electron chi connectivity index (χ0n) is 19.7. The Labute approximate surface area is 199 Å². The second-order valence-corrected chi connectivity index (χ2v) is 8.24. The maximum atomic E-state index is 12.6. The van der Waals surface area contributed by atoms with Crippen LogP contribution in [0.15, 0.2) is 48.5 Å². The van der Waals surface area contributed by atoms with E-state index in [1.165, 1.54) is 7.11 Å². The zero-order valence-corrected chi connectivity index (χ0v) is 19.7. The molecule has 2 N–H and O–H groups in total. The van der Waals surface area contributed by atoms with Crippen molar-refractivity contribution in [2.45, 2.75) is 38.2 Å². The van der Waals surface area contributed by atoms with Crippen LogP contribution in [-0.4, -0.2) is 67.4 Å². The maximum Gasteiger partial charge on any atom is 0.407 e. The van der Waals surface area contributed by atoms with Gasteiger partial charge in [0, 0.05) is 39.1 Å². The number of carbonyl (C=O) groups is 3. The van der Waals surface area contributed by atoms with Gasteiger partial charge in [-0.25, -0.2) is 4.79 Å². The van der Waals surface area contributed by atoms with Gasteiger partial charge in [0.25, 0.3) is 0 Å². The van der Waals surface area contributed by atoms with Gasteiger partial charge in [-0.05, 0) is 35.6 Å². The Morgan fingerprint density at radius 1 is 1.06 bits per heavy atom. The molecular formula is C26H32N2O6. The van der Waals surface area contributed by atoms with E-state index >= 15 is 0 Å². The van der Waals surface area contributed by atoms with Gasteiger partial charge in [-0.2, -0.15) is 0 Å². The summed E-state index contributed by atoms with van der Waals surface area (Å²) < 4.78 is 10.9. The minimum absolute atomic E-state index is 0.0147. The van der Waals surface area contributed by atoms with Gasteiger partial charge in [0.2, 0.25) is 5.91 Å². The number of hydrogen-bond donors (Lipinski definition) is 2. The summed E-state index contributed by atoms with van der Waals surface area (Å²) in [7, 11) is 1.48. The van der Waals surface area contributed by atoms with Crippen LogP contribution in [-0.2, 0) is 19.1 Å². The fourth-order valence-corrected chi connectivity index (χ4v) is 4.29. The van der Waals surface area contributed by atoms with E-state index in [9.17, 15) is 14.4 Å². The molecule has 0 aliphatic heterocycles. The molecule has 0 heterocycles. The number of fused-ring (bicyclic) bond motifs is 3. The van der Waals surface area contributed by atoms with E-state index in [2.05, 4.69) is 29.6 Å². The van der Waals surface area contributed by atoms with E-state index in [1.54, 1.807) is 4.90 Å². The lowest BCUT2D eigenvalue weighted by atomic mass is 9.98. The predicted molar refractivity (Wildman–Crippen MR) is 128 cm³/mol. The van der Waals surface area contributed by atoms with Crippen molar-refractivity contribution in [3.8, 4) is 11.1 Å². The van der Waals surface area contributed by atoms with Gasteiger partial charge in [-0.1, -0.05) is 48.5 Å². The average Bonchev–Trinajstić information content (AvgIpc) is 3.16. The Morgan fingerprint density at radius 3 is 2.24 bits per heavy atom. The summed E-state index contributed by atoms with van der Waals surface area (Å²) in [5.41, 5.74) is 4.60. The first-order valence-corrected chi connectivity index (χ1v) is 11.6. The number of rotatable bonds is 12. The monoisotopic (exact) mass is 468 g/mol. The van der Waals surface area contributed by atoms with E-state index in [1.807, 2.05) is 31.2 Å².